The number of fused-ring (bicyclic) bond motifs is 1. The lowest BCUT2D eigenvalue weighted by molar-refractivity contribution is -0.127. The van der Waals surface area contributed by atoms with Crippen LogP contribution in [-0.4, -0.2) is 47.1 Å². The number of hydrogen-bond donors (Lipinski definition) is 1. The fraction of sp³-hybridized carbons (Fsp3) is 0.333. The number of benzene rings is 3. The average molecular weight is 546 g/mol. The fourth-order valence-corrected chi connectivity index (χ4v) is 5.26. The van der Waals surface area contributed by atoms with Crippen molar-refractivity contribution in [2.45, 2.75) is 50.7 Å². The van der Waals surface area contributed by atoms with E-state index in [1.54, 1.807) is 36.4 Å². The Hall–Kier alpha value is -4.47. The number of nitrogens with zero attached hydrogens (tertiary/aromatic N) is 4. The van der Waals surface area contributed by atoms with Gasteiger partial charge in [0.1, 0.15) is 35.4 Å². The Kier molecular flexibility index (Phi) is 8.23. The first kappa shape index (κ1) is 27.1. The van der Waals surface area contributed by atoms with Gasteiger partial charge in [-0.3, -0.25) is 14.5 Å². The molecule has 10 heteroatoms. The van der Waals surface area contributed by atoms with Crippen LogP contribution in [-0.2, 0) is 16.1 Å². The summed E-state index contributed by atoms with van der Waals surface area (Å²) in [5.41, 5.74) is 1.62. The summed E-state index contributed by atoms with van der Waals surface area (Å²) in [7, 11) is 2.97. The van der Waals surface area contributed by atoms with Crippen molar-refractivity contribution in [2.24, 2.45) is 0 Å². The lowest BCUT2D eigenvalue weighted by Gasteiger charge is -2.34. The van der Waals surface area contributed by atoms with Gasteiger partial charge in [0.05, 0.1) is 25.4 Å². The zero-order valence-corrected chi connectivity index (χ0v) is 22.5. The number of rotatable bonds is 9. The molecule has 1 fully saturated rings. The lowest BCUT2D eigenvalue weighted by atomic mass is 9.94. The molecule has 208 valence electrons. The molecular weight excluding hydrogens is 513 g/mol. The van der Waals surface area contributed by atoms with Crippen LogP contribution in [0.1, 0.15) is 43.7 Å². The van der Waals surface area contributed by atoms with Crippen LogP contribution < -0.4 is 19.7 Å². The average Bonchev–Trinajstić information content (AvgIpc) is 3.39. The summed E-state index contributed by atoms with van der Waals surface area (Å²) in [5.74, 6) is -0.811. The van der Waals surface area contributed by atoms with E-state index in [1.807, 2.05) is 18.2 Å². The first-order valence-corrected chi connectivity index (χ1v) is 13.4. The van der Waals surface area contributed by atoms with E-state index in [0.29, 0.717) is 22.5 Å². The van der Waals surface area contributed by atoms with Gasteiger partial charge in [0.15, 0.2) is 0 Å². The molecule has 1 saturated carbocycles. The highest BCUT2D eigenvalue weighted by Crippen LogP contribution is 2.39. The van der Waals surface area contributed by atoms with E-state index in [1.165, 1.54) is 35.9 Å². The second-order valence-corrected chi connectivity index (χ2v) is 9.80. The zero-order chi connectivity index (χ0) is 28.1. The summed E-state index contributed by atoms with van der Waals surface area (Å²) in [5, 5.41) is 11.4. The van der Waals surface area contributed by atoms with Gasteiger partial charge in [-0.05, 0) is 43.2 Å². The molecule has 1 atom stereocenters. The molecule has 1 aliphatic carbocycles. The Morgan fingerprint density at radius 2 is 1.77 bits per heavy atom. The number of aromatic nitrogens is 3. The summed E-state index contributed by atoms with van der Waals surface area (Å²) < 4.78 is 28.0. The Labute approximate surface area is 231 Å². The third kappa shape index (κ3) is 5.61. The molecule has 0 saturated heterocycles. The SMILES string of the molecule is COc1ccc(OC)c(N(C(=O)Cn2nnc3ccccc32)[C@@H](C(=O)NC2CCCCC2)c2ccccc2F)c1. The summed E-state index contributed by atoms with van der Waals surface area (Å²) in [6.07, 6.45) is 4.77. The highest BCUT2D eigenvalue weighted by Gasteiger charge is 2.37. The predicted molar refractivity (Wildman–Crippen MR) is 149 cm³/mol. The van der Waals surface area contributed by atoms with Crippen LogP contribution in [0.4, 0.5) is 10.1 Å². The molecule has 1 N–H and O–H groups in total. The molecule has 9 nitrogen and oxygen atoms in total. The molecule has 0 bridgehead atoms. The second kappa shape index (κ2) is 12.1. The normalized spacial score (nSPS) is 14.5. The smallest absolute Gasteiger partial charge is 0.249 e. The number of nitrogens with one attached hydrogen (secondary N) is 1. The van der Waals surface area contributed by atoms with Crippen LogP contribution in [0.3, 0.4) is 0 Å². The van der Waals surface area contributed by atoms with Crippen molar-refractivity contribution in [2.75, 3.05) is 19.1 Å². The van der Waals surface area contributed by atoms with Crippen LogP contribution in [0.5, 0.6) is 11.5 Å². The van der Waals surface area contributed by atoms with Gasteiger partial charge in [-0.1, -0.05) is 54.8 Å². The second-order valence-electron chi connectivity index (χ2n) is 9.80. The number of ether oxygens (including phenoxy) is 2. The van der Waals surface area contributed by atoms with Crippen LogP contribution in [0, 0.1) is 5.82 Å². The summed E-state index contributed by atoms with van der Waals surface area (Å²) in [6.45, 7) is -0.247. The Bertz CT molecular complexity index is 1500. The number of para-hydroxylation sites is 1. The van der Waals surface area contributed by atoms with E-state index in [0.717, 1.165) is 32.1 Å². The Balaban J connectivity index is 1.64. The van der Waals surface area contributed by atoms with Gasteiger partial charge in [-0.15, -0.1) is 5.10 Å². The highest BCUT2D eigenvalue weighted by molar-refractivity contribution is 6.03. The molecule has 0 aliphatic heterocycles. The minimum Gasteiger partial charge on any atom is -0.497 e. The van der Waals surface area contributed by atoms with E-state index in [4.69, 9.17) is 9.47 Å². The Morgan fingerprint density at radius 1 is 1.02 bits per heavy atom. The minimum absolute atomic E-state index is 0.0565. The zero-order valence-electron chi connectivity index (χ0n) is 22.5. The van der Waals surface area contributed by atoms with Gasteiger partial charge in [0, 0.05) is 17.7 Å². The molecule has 0 unspecified atom stereocenters. The van der Waals surface area contributed by atoms with Crippen LogP contribution >= 0.6 is 0 Å². The predicted octanol–water partition coefficient (Wildman–Crippen LogP) is 4.81. The number of hydrogen-bond acceptors (Lipinski definition) is 6. The van der Waals surface area contributed by atoms with Gasteiger partial charge in [-0.25, -0.2) is 9.07 Å². The number of carbonyl (C=O) groups excluding carboxylic acids is 2. The number of carbonyl (C=O) groups is 2. The fourth-order valence-electron chi connectivity index (χ4n) is 5.26. The quantitative estimate of drug-likeness (QED) is 0.324. The highest BCUT2D eigenvalue weighted by atomic mass is 19.1. The van der Waals surface area contributed by atoms with E-state index in [-0.39, 0.29) is 23.8 Å². The van der Waals surface area contributed by atoms with E-state index in [9.17, 15) is 9.59 Å². The number of amides is 2. The number of anilines is 1. The summed E-state index contributed by atoms with van der Waals surface area (Å²) in [6, 6.07) is 16.8. The van der Waals surface area contributed by atoms with Gasteiger partial charge in [0.2, 0.25) is 11.8 Å². The minimum atomic E-state index is -1.33. The standard InChI is InChI=1S/C30H32FN5O4/c1-39-21-16-17-27(40-2)26(18-21)36(28(37)19-35-25-15-9-8-14-24(25)33-34-35)29(22-12-6-7-13-23(22)31)30(38)32-20-10-4-3-5-11-20/h6-9,12-18,20,29H,3-5,10-11,19H2,1-2H3,(H,32,38)/t29-/m1/s1. The molecule has 3 aromatic carbocycles. The van der Waals surface area contributed by atoms with E-state index in [2.05, 4.69) is 15.6 Å². The largest absolute Gasteiger partial charge is 0.497 e. The number of methoxy groups -OCH3 is 2. The van der Waals surface area contributed by atoms with Crippen LogP contribution in [0.2, 0.25) is 0 Å². The molecule has 1 aromatic heterocycles. The first-order chi connectivity index (χ1) is 19.5. The van der Waals surface area contributed by atoms with Crippen LogP contribution in [0.25, 0.3) is 11.0 Å². The number of halogens is 1. The summed E-state index contributed by atoms with van der Waals surface area (Å²) >= 11 is 0. The molecule has 0 radical (unpaired) electrons. The van der Waals surface area contributed by atoms with E-state index < -0.39 is 23.7 Å². The topological polar surface area (TPSA) is 98.6 Å². The van der Waals surface area contributed by atoms with Gasteiger partial charge >= 0.3 is 0 Å². The molecule has 4 aromatic rings. The molecular formula is C30H32FN5O4. The lowest BCUT2D eigenvalue weighted by Crippen LogP contribution is -2.48. The molecule has 1 heterocycles. The van der Waals surface area contributed by atoms with Crippen molar-refractivity contribution in [1.29, 1.82) is 0 Å². The third-order valence-electron chi connectivity index (χ3n) is 7.28. The summed E-state index contributed by atoms with van der Waals surface area (Å²) in [4.78, 5) is 29.6. The molecule has 40 heavy (non-hydrogen) atoms. The first-order valence-electron chi connectivity index (χ1n) is 13.4. The third-order valence-corrected chi connectivity index (χ3v) is 7.28. The van der Waals surface area contributed by atoms with Crippen molar-refractivity contribution < 1.29 is 23.5 Å². The van der Waals surface area contributed by atoms with Crippen molar-refractivity contribution in [3.63, 3.8) is 0 Å². The molecule has 2 amide bonds. The Morgan fingerprint density at radius 3 is 2.52 bits per heavy atom. The van der Waals surface area contributed by atoms with Gasteiger partial charge < -0.3 is 14.8 Å². The van der Waals surface area contributed by atoms with Crippen molar-refractivity contribution in [1.82, 2.24) is 20.3 Å². The van der Waals surface area contributed by atoms with Crippen molar-refractivity contribution in [3.8, 4) is 11.5 Å². The molecule has 5 rings (SSSR count). The van der Waals surface area contributed by atoms with Crippen molar-refractivity contribution >= 4 is 28.5 Å². The van der Waals surface area contributed by atoms with Gasteiger partial charge in [0.25, 0.3) is 0 Å². The molecule has 1 aliphatic rings. The maximum atomic E-state index is 15.4. The maximum Gasteiger partial charge on any atom is 0.249 e. The van der Waals surface area contributed by atoms with E-state index >= 15 is 4.39 Å². The van der Waals surface area contributed by atoms with Gasteiger partial charge in [-0.2, -0.15) is 0 Å². The monoisotopic (exact) mass is 545 g/mol. The molecule has 0 spiro atoms. The maximum absolute atomic E-state index is 15.4. The van der Waals surface area contributed by atoms with Crippen molar-refractivity contribution in [3.05, 3.63) is 78.1 Å². The van der Waals surface area contributed by atoms with Crippen LogP contribution in [0.15, 0.2) is 66.7 Å².